The molecule has 0 saturated heterocycles. The van der Waals surface area contributed by atoms with Crippen LogP contribution >= 0.6 is 39.1 Å². The molecule has 0 spiro atoms. The van der Waals surface area contributed by atoms with Gasteiger partial charge in [-0.15, -0.1) is 0 Å². The van der Waals surface area contributed by atoms with Crippen molar-refractivity contribution in [3.05, 3.63) is 79.8 Å². The van der Waals surface area contributed by atoms with Gasteiger partial charge < -0.3 is 4.42 Å². The Morgan fingerprint density at radius 1 is 1.03 bits per heavy atom. The van der Waals surface area contributed by atoms with Gasteiger partial charge in [-0.25, -0.2) is 19.4 Å². The Kier molecular flexibility index (Phi) is 5.36. The van der Waals surface area contributed by atoms with Crippen LogP contribution in [-0.2, 0) is 0 Å². The minimum absolute atomic E-state index is 0. The molecule has 0 atom stereocenters. The largest absolute Gasteiger partial charge is 0.401 e. The van der Waals surface area contributed by atoms with E-state index in [1.54, 1.807) is 30.5 Å². The second-order valence-corrected chi connectivity index (χ2v) is 7.78. The van der Waals surface area contributed by atoms with Crippen LogP contribution in [0, 0.1) is 0 Å². The summed E-state index contributed by atoms with van der Waals surface area (Å²) in [5, 5.41) is 7.06. The molecule has 3 heterocycles. The molecule has 3 aromatic heterocycles. The lowest BCUT2D eigenvalue weighted by Crippen LogP contribution is -2.07. The fraction of sp³-hybridized carbons (Fsp3) is 0.0476. The summed E-state index contributed by atoms with van der Waals surface area (Å²) in [6, 6.07) is 14.3. The van der Waals surface area contributed by atoms with Gasteiger partial charge in [-0.3, -0.25) is 0 Å². The van der Waals surface area contributed by atoms with Crippen molar-refractivity contribution >= 4 is 60.8 Å². The van der Waals surface area contributed by atoms with Gasteiger partial charge in [0.1, 0.15) is 15.8 Å². The Labute approximate surface area is 189 Å². The number of rotatable bonds is 2. The van der Waals surface area contributed by atoms with Gasteiger partial charge in [0.2, 0.25) is 5.89 Å². The van der Waals surface area contributed by atoms with E-state index < -0.39 is 5.63 Å². The Balaban J connectivity index is 0.00000218. The molecule has 6 nitrogen and oxygen atoms in total. The summed E-state index contributed by atoms with van der Waals surface area (Å²) in [7, 11) is 0. The third-order valence-electron chi connectivity index (χ3n) is 4.42. The Morgan fingerprint density at radius 3 is 2.63 bits per heavy atom. The van der Waals surface area contributed by atoms with E-state index in [0.717, 1.165) is 10.8 Å². The van der Waals surface area contributed by atoms with Gasteiger partial charge in [-0.2, -0.15) is 5.10 Å². The molecule has 0 aliphatic rings. The molecule has 0 N–H and O–H groups in total. The molecule has 30 heavy (non-hydrogen) atoms. The van der Waals surface area contributed by atoms with Gasteiger partial charge in [0, 0.05) is 17.6 Å². The molecule has 0 radical (unpaired) electrons. The van der Waals surface area contributed by atoms with Crippen molar-refractivity contribution < 1.29 is 4.42 Å². The Morgan fingerprint density at radius 2 is 1.83 bits per heavy atom. The molecule has 9 heteroatoms. The Hall–Kier alpha value is -2.74. The van der Waals surface area contributed by atoms with Crippen LogP contribution in [0.25, 0.3) is 39.1 Å². The van der Waals surface area contributed by atoms with E-state index in [1.165, 1.54) is 4.68 Å². The number of pyridine rings is 1. The van der Waals surface area contributed by atoms with Crippen LogP contribution in [0.1, 0.15) is 7.43 Å². The van der Waals surface area contributed by atoms with Crippen molar-refractivity contribution in [2.24, 2.45) is 0 Å². The van der Waals surface area contributed by atoms with E-state index in [4.69, 9.17) is 27.6 Å². The van der Waals surface area contributed by atoms with E-state index in [1.807, 2.05) is 24.3 Å². The van der Waals surface area contributed by atoms with Crippen LogP contribution in [-0.4, -0.2) is 19.7 Å². The first-order valence-electron chi connectivity index (χ1n) is 8.42. The minimum Gasteiger partial charge on any atom is -0.401 e. The standard InChI is InChI=1S/C20H9BrCl2N4O2.CH4/c21-15-9-14(27(26-15)18-13(22)6-3-7-24-18)19-25-17-12(20(28)29-19)8-10-4-1-2-5-11(10)16(17)23;/h1-9H;1H4. The molecule has 5 aromatic rings. The second-order valence-electron chi connectivity index (χ2n) is 6.19. The number of hydrogen-bond acceptors (Lipinski definition) is 5. The number of nitrogens with zero attached hydrogens (tertiary/aromatic N) is 4. The summed E-state index contributed by atoms with van der Waals surface area (Å²) in [5.41, 5.74) is 0.210. The molecule has 0 aliphatic heterocycles. The van der Waals surface area contributed by atoms with E-state index in [2.05, 4.69) is 31.0 Å². The molecular formula is C21H13BrCl2N4O2. The highest BCUT2D eigenvalue weighted by Gasteiger charge is 2.20. The summed E-state index contributed by atoms with van der Waals surface area (Å²) in [4.78, 5) is 21.5. The predicted octanol–water partition coefficient (Wildman–Crippen LogP) is 6.29. The lowest BCUT2D eigenvalue weighted by molar-refractivity contribution is 0.513. The van der Waals surface area contributed by atoms with E-state index >= 15 is 0 Å². The summed E-state index contributed by atoms with van der Waals surface area (Å²) in [5.74, 6) is 0.434. The second kappa shape index (κ2) is 7.83. The smallest absolute Gasteiger partial charge is 0.347 e. The average molecular weight is 504 g/mol. The van der Waals surface area contributed by atoms with E-state index in [-0.39, 0.29) is 13.3 Å². The molecule has 0 aliphatic carbocycles. The summed E-state index contributed by atoms with van der Waals surface area (Å²) in [6.45, 7) is 0. The van der Waals surface area contributed by atoms with Gasteiger partial charge in [-0.1, -0.05) is 54.9 Å². The maximum absolute atomic E-state index is 12.7. The maximum Gasteiger partial charge on any atom is 0.347 e. The lowest BCUT2D eigenvalue weighted by atomic mass is 10.1. The average Bonchev–Trinajstić information content (AvgIpc) is 3.11. The summed E-state index contributed by atoms with van der Waals surface area (Å²) >= 11 is 16.2. The van der Waals surface area contributed by atoms with Gasteiger partial charge in [0.05, 0.1) is 15.4 Å². The number of halogens is 3. The van der Waals surface area contributed by atoms with Gasteiger partial charge in [0.15, 0.2) is 5.82 Å². The molecule has 5 rings (SSSR count). The maximum atomic E-state index is 12.7. The SMILES string of the molecule is C.O=c1oc(-c2cc(Br)nn2-c2ncccc2Cl)nc2c(Cl)c3ccccc3cc12. The molecular weight excluding hydrogens is 491 g/mol. The number of fused-ring (bicyclic) bond motifs is 2. The van der Waals surface area contributed by atoms with Crippen molar-refractivity contribution in [2.45, 2.75) is 7.43 Å². The quantitative estimate of drug-likeness (QED) is 0.264. The summed E-state index contributed by atoms with van der Waals surface area (Å²) in [6.07, 6.45) is 1.59. The third kappa shape index (κ3) is 3.29. The van der Waals surface area contributed by atoms with E-state index in [0.29, 0.717) is 37.1 Å². The number of aromatic nitrogens is 4. The van der Waals surface area contributed by atoms with Crippen LogP contribution in [0.3, 0.4) is 0 Å². The molecule has 0 unspecified atom stereocenters. The molecule has 150 valence electrons. The lowest BCUT2D eigenvalue weighted by Gasteiger charge is -2.08. The zero-order valence-corrected chi connectivity index (χ0v) is 17.5. The normalized spacial score (nSPS) is 11.0. The van der Waals surface area contributed by atoms with Crippen molar-refractivity contribution in [2.75, 3.05) is 0 Å². The van der Waals surface area contributed by atoms with Crippen molar-refractivity contribution in [1.82, 2.24) is 19.7 Å². The van der Waals surface area contributed by atoms with Gasteiger partial charge >= 0.3 is 5.63 Å². The molecule has 0 saturated carbocycles. The highest BCUT2D eigenvalue weighted by Crippen LogP contribution is 2.32. The van der Waals surface area contributed by atoms with Crippen LogP contribution < -0.4 is 5.63 Å². The van der Waals surface area contributed by atoms with Crippen LogP contribution in [0.5, 0.6) is 0 Å². The van der Waals surface area contributed by atoms with E-state index in [9.17, 15) is 4.79 Å². The third-order valence-corrected chi connectivity index (χ3v) is 5.49. The fourth-order valence-electron chi connectivity index (χ4n) is 3.13. The van der Waals surface area contributed by atoms with Gasteiger partial charge in [0.25, 0.3) is 0 Å². The van der Waals surface area contributed by atoms with Crippen LogP contribution in [0.2, 0.25) is 10.0 Å². The Bertz CT molecular complexity index is 1480. The molecule has 0 fully saturated rings. The highest BCUT2D eigenvalue weighted by atomic mass is 79.9. The number of benzene rings is 2. The van der Waals surface area contributed by atoms with Gasteiger partial charge in [-0.05, 0) is 39.5 Å². The molecule has 2 aromatic carbocycles. The van der Waals surface area contributed by atoms with Crippen molar-refractivity contribution in [3.63, 3.8) is 0 Å². The molecule has 0 amide bonds. The first kappa shape index (κ1) is 20.5. The fourth-order valence-corrected chi connectivity index (χ4v) is 4.03. The van der Waals surface area contributed by atoms with Crippen LogP contribution in [0.15, 0.2) is 68.5 Å². The first-order chi connectivity index (χ1) is 14.0. The van der Waals surface area contributed by atoms with Crippen LogP contribution in [0.4, 0.5) is 0 Å². The number of hydrogen-bond donors (Lipinski definition) is 0. The minimum atomic E-state index is -0.548. The monoisotopic (exact) mass is 502 g/mol. The molecule has 0 bridgehead atoms. The zero-order valence-electron chi connectivity index (χ0n) is 14.4. The highest BCUT2D eigenvalue weighted by molar-refractivity contribution is 9.10. The topological polar surface area (TPSA) is 73.8 Å². The van der Waals surface area contributed by atoms with Crippen molar-refractivity contribution in [3.8, 4) is 17.4 Å². The summed E-state index contributed by atoms with van der Waals surface area (Å²) < 4.78 is 7.48. The first-order valence-corrected chi connectivity index (χ1v) is 9.97. The van der Waals surface area contributed by atoms with Crippen molar-refractivity contribution in [1.29, 1.82) is 0 Å². The zero-order chi connectivity index (χ0) is 20.1. The predicted molar refractivity (Wildman–Crippen MR) is 123 cm³/mol.